The maximum Gasteiger partial charge on any atom is 0.255 e. The van der Waals surface area contributed by atoms with Crippen molar-refractivity contribution >= 4 is 29.0 Å². The lowest BCUT2D eigenvalue weighted by molar-refractivity contribution is 0.102. The summed E-state index contributed by atoms with van der Waals surface area (Å²) in [5.41, 5.74) is 10.0. The highest BCUT2D eigenvalue weighted by atomic mass is 32.2. The molecule has 3 aromatic carbocycles. The first-order chi connectivity index (χ1) is 15.5. The minimum absolute atomic E-state index is 0.165. The molecule has 3 aromatic rings. The number of unbranched alkanes of at least 4 members (excludes halogenated alkanes) is 2. The summed E-state index contributed by atoms with van der Waals surface area (Å²) in [5, 5.41) is 11.7. The highest BCUT2D eigenvalue weighted by molar-refractivity contribution is 7.98. The fourth-order valence-electron chi connectivity index (χ4n) is 3.29. The minimum atomic E-state index is -0.165. The van der Waals surface area contributed by atoms with Crippen LogP contribution in [-0.4, -0.2) is 12.2 Å². The molecule has 0 unspecified atom stereocenters. The number of carbonyl (C=O) groups excluding carboxylic acids is 1. The standard InChI is InChI=1S/C26H27N3O2S/c1-18-10-11-21(31-22-12-13-23(28)25(17-22)32-2)16-24(18)29-26(30)20-9-6-8-19(15-20)7-4-3-5-14-27/h6,8-13,15-17H,3-5,7,28H2,1-2H3,(H,29,30). The van der Waals surface area contributed by atoms with Gasteiger partial charge in [0.1, 0.15) is 11.5 Å². The fraction of sp³-hybridized carbons (Fsp3) is 0.231. The molecule has 0 aromatic heterocycles. The second-order valence-electron chi connectivity index (χ2n) is 7.50. The van der Waals surface area contributed by atoms with Crippen molar-refractivity contribution in [2.45, 2.75) is 37.5 Å². The van der Waals surface area contributed by atoms with E-state index in [1.165, 1.54) is 0 Å². The molecule has 164 valence electrons. The van der Waals surface area contributed by atoms with Gasteiger partial charge in [0.2, 0.25) is 0 Å². The molecule has 0 saturated heterocycles. The second-order valence-corrected chi connectivity index (χ2v) is 8.35. The van der Waals surface area contributed by atoms with E-state index >= 15 is 0 Å². The summed E-state index contributed by atoms with van der Waals surface area (Å²) in [6, 6.07) is 21.0. The van der Waals surface area contributed by atoms with Crippen molar-refractivity contribution in [1.82, 2.24) is 0 Å². The second kappa shape index (κ2) is 11.3. The van der Waals surface area contributed by atoms with Gasteiger partial charge in [0, 0.05) is 34.3 Å². The van der Waals surface area contributed by atoms with Crippen LogP contribution in [0.25, 0.3) is 0 Å². The molecule has 0 aliphatic carbocycles. The lowest BCUT2D eigenvalue weighted by Gasteiger charge is -2.13. The van der Waals surface area contributed by atoms with Gasteiger partial charge in [-0.05, 0) is 80.0 Å². The van der Waals surface area contributed by atoms with Crippen molar-refractivity contribution in [3.8, 4) is 17.6 Å². The Labute approximate surface area is 193 Å². The van der Waals surface area contributed by atoms with Gasteiger partial charge in [-0.15, -0.1) is 11.8 Å². The Morgan fingerprint density at radius 2 is 1.88 bits per heavy atom. The van der Waals surface area contributed by atoms with Gasteiger partial charge in [-0.25, -0.2) is 0 Å². The Kier molecular flexibility index (Phi) is 8.18. The number of aryl methyl sites for hydroxylation is 2. The number of ether oxygens (including phenoxy) is 1. The van der Waals surface area contributed by atoms with Crippen LogP contribution in [0, 0.1) is 18.3 Å². The van der Waals surface area contributed by atoms with E-state index in [-0.39, 0.29) is 5.91 Å². The molecule has 0 saturated carbocycles. The molecular weight excluding hydrogens is 418 g/mol. The molecule has 0 aliphatic rings. The number of nitrogen functional groups attached to an aromatic ring is 1. The summed E-state index contributed by atoms with van der Waals surface area (Å²) in [6.07, 6.45) is 5.18. The van der Waals surface area contributed by atoms with Gasteiger partial charge in [-0.3, -0.25) is 4.79 Å². The Bertz CT molecular complexity index is 1140. The summed E-state index contributed by atoms with van der Waals surface area (Å²) in [4.78, 5) is 13.8. The van der Waals surface area contributed by atoms with E-state index in [0.717, 1.165) is 35.3 Å². The van der Waals surface area contributed by atoms with Crippen molar-refractivity contribution in [2.24, 2.45) is 0 Å². The molecule has 3 rings (SSSR count). The summed E-state index contributed by atoms with van der Waals surface area (Å²) in [5.74, 6) is 1.16. The topological polar surface area (TPSA) is 88.1 Å². The number of hydrogen-bond donors (Lipinski definition) is 2. The van der Waals surface area contributed by atoms with Crippen molar-refractivity contribution in [2.75, 3.05) is 17.3 Å². The smallest absolute Gasteiger partial charge is 0.255 e. The van der Waals surface area contributed by atoms with E-state index in [2.05, 4.69) is 11.4 Å². The van der Waals surface area contributed by atoms with Gasteiger partial charge < -0.3 is 15.8 Å². The van der Waals surface area contributed by atoms with E-state index in [4.69, 9.17) is 15.7 Å². The van der Waals surface area contributed by atoms with Gasteiger partial charge in [-0.2, -0.15) is 5.26 Å². The molecule has 0 fully saturated rings. The predicted molar refractivity (Wildman–Crippen MR) is 131 cm³/mol. The first kappa shape index (κ1) is 23.2. The number of amides is 1. The summed E-state index contributed by atoms with van der Waals surface area (Å²) in [6.45, 7) is 1.94. The number of nitrogens with zero attached hydrogens (tertiary/aromatic N) is 1. The zero-order valence-electron chi connectivity index (χ0n) is 18.4. The Balaban J connectivity index is 1.71. The maximum atomic E-state index is 12.9. The van der Waals surface area contributed by atoms with E-state index in [0.29, 0.717) is 34.9 Å². The lowest BCUT2D eigenvalue weighted by atomic mass is 10.0. The molecule has 0 atom stereocenters. The zero-order valence-corrected chi connectivity index (χ0v) is 19.2. The van der Waals surface area contributed by atoms with Crippen LogP contribution in [0.4, 0.5) is 11.4 Å². The molecule has 0 radical (unpaired) electrons. The Morgan fingerprint density at radius 1 is 1.09 bits per heavy atom. The van der Waals surface area contributed by atoms with Gasteiger partial charge in [0.15, 0.2) is 0 Å². The number of nitrogens with one attached hydrogen (secondary N) is 1. The maximum absolute atomic E-state index is 12.9. The number of thioether (sulfide) groups is 1. The van der Waals surface area contributed by atoms with Crippen LogP contribution < -0.4 is 15.8 Å². The van der Waals surface area contributed by atoms with Crippen molar-refractivity contribution < 1.29 is 9.53 Å². The number of benzene rings is 3. The normalized spacial score (nSPS) is 10.4. The zero-order chi connectivity index (χ0) is 22.9. The summed E-state index contributed by atoms with van der Waals surface area (Å²) < 4.78 is 6.00. The highest BCUT2D eigenvalue weighted by Gasteiger charge is 2.11. The Morgan fingerprint density at radius 3 is 2.66 bits per heavy atom. The quantitative estimate of drug-likeness (QED) is 0.221. The van der Waals surface area contributed by atoms with E-state index in [1.54, 1.807) is 11.8 Å². The van der Waals surface area contributed by atoms with E-state index < -0.39 is 0 Å². The van der Waals surface area contributed by atoms with Crippen molar-refractivity contribution in [1.29, 1.82) is 5.26 Å². The molecule has 0 aliphatic heterocycles. The molecule has 0 heterocycles. The largest absolute Gasteiger partial charge is 0.457 e. The summed E-state index contributed by atoms with van der Waals surface area (Å²) >= 11 is 1.56. The van der Waals surface area contributed by atoms with Crippen LogP contribution >= 0.6 is 11.8 Å². The molecule has 5 nitrogen and oxygen atoms in total. The number of nitriles is 1. The molecule has 0 bridgehead atoms. The van der Waals surface area contributed by atoms with Crippen LogP contribution in [0.2, 0.25) is 0 Å². The number of carbonyl (C=O) groups is 1. The summed E-state index contributed by atoms with van der Waals surface area (Å²) in [7, 11) is 0. The number of nitrogens with two attached hydrogens (primary N) is 1. The average molecular weight is 446 g/mol. The van der Waals surface area contributed by atoms with Crippen LogP contribution in [0.1, 0.15) is 40.7 Å². The molecule has 32 heavy (non-hydrogen) atoms. The number of anilines is 2. The van der Waals surface area contributed by atoms with Crippen LogP contribution in [0.5, 0.6) is 11.5 Å². The molecule has 6 heteroatoms. The van der Waals surface area contributed by atoms with Crippen molar-refractivity contribution in [3.63, 3.8) is 0 Å². The van der Waals surface area contributed by atoms with Gasteiger partial charge >= 0.3 is 0 Å². The number of hydrogen-bond acceptors (Lipinski definition) is 5. The van der Waals surface area contributed by atoms with Crippen molar-refractivity contribution in [3.05, 3.63) is 77.4 Å². The third-order valence-electron chi connectivity index (χ3n) is 5.09. The van der Waals surface area contributed by atoms with Gasteiger partial charge in [0.05, 0.1) is 6.07 Å². The van der Waals surface area contributed by atoms with Crippen LogP contribution in [0.15, 0.2) is 65.6 Å². The monoisotopic (exact) mass is 445 g/mol. The first-order valence-electron chi connectivity index (χ1n) is 10.5. The first-order valence-corrected chi connectivity index (χ1v) is 11.7. The van der Waals surface area contributed by atoms with E-state index in [9.17, 15) is 4.79 Å². The third kappa shape index (κ3) is 6.29. The van der Waals surface area contributed by atoms with E-state index in [1.807, 2.05) is 73.8 Å². The molecule has 1 amide bonds. The van der Waals surface area contributed by atoms with Gasteiger partial charge in [0.25, 0.3) is 5.91 Å². The fourth-order valence-corrected chi connectivity index (χ4v) is 3.82. The van der Waals surface area contributed by atoms with Crippen LogP contribution in [0.3, 0.4) is 0 Å². The Hall–Kier alpha value is -3.43. The van der Waals surface area contributed by atoms with Crippen LogP contribution in [-0.2, 0) is 6.42 Å². The van der Waals surface area contributed by atoms with Gasteiger partial charge in [-0.1, -0.05) is 18.2 Å². The highest BCUT2D eigenvalue weighted by Crippen LogP contribution is 2.32. The molecule has 3 N–H and O–H groups in total. The number of rotatable bonds is 9. The average Bonchev–Trinajstić information content (AvgIpc) is 2.80. The minimum Gasteiger partial charge on any atom is -0.457 e. The SMILES string of the molecule is CSc1cc(Oc2ccc(C)c(NC(=O)c3cccc(CCCCC#N)c3)c2)ccc1N. The lowest BCUT2D eigenvalue weighted by Crippen LogP contribution is -2.13. The molecular formula is C26H27N3O2S. The predicted octanol–water partition coefficient (Wildman–Crippen LogP) is 6.58. The molecule has 0 spiro atoms. The third-order valence-corrected chi connectivity index (χ3v) is 5.88.